The van der Waals surface area contributed by atoms with E-state index < -0.39 is 11.6 Å². The Morgan fingerprint density at radius 3 is 2.26 bits per heavy atom. The second-order valence-corrected chi connectivity index (χ2v) is 8.01. The smallest absolute Gasteiger partial charge is 0.305 e. The number of rotatable bonds is 5. The summed E-state index contributed by atoms with van der Waals surface area (Å²) in [6, 6.07) is 22.8. The lowest BCUT2D eigenvalue weighted by Crippen LogP contribution is -2.43. The van der Waals surface area contributed by atoms with Gasteiger partial charge in [0.1, 0.15) is 17.3 Å². The molecule has 0 N–H and O–H groups in total. The predicted molar refractivity (Wildman–Crippen MR) is 117 cm³/mol. The average molecular weight is 410 g/mol. The van der Waals surface area contributed by atoms with Gasteiger partial charge in [-0.05, 0) is 49.1 Å². The van der Waals surface area contributed by atoms with Crippen LogP contribution in [0.3, 0.4) is 0 Å². The molecule has 3 aromatic rings. The van der Waals surface area contributed by atoms with Gasteiger partial charge in [-0.1, -0.05) is 54.6 Å². The molecule has 0 saturated carbocycles. The van der Waals surface area contributed by atoms with E-state index >= 15 is 0 Å². The molecule has 3 amide bonds. The molecule has 154 valence electrons. The highest BCUT2D eigenvalue weighted by Gasteiger charge is 2.51. The van der Waals surface area contributed by atoms with Gasteiger partial charge in [-0.2, -0.15) is 5.26 Å². The van der Waals surface area contributed by atoms with E-state index in [2.05, 4.69) is 23.2 Å². The minimum absolute atomic E-state index is 0.230. The Kier molecular flexibility index (Phi) is 5.26. The van der Waals surface area contributed by atoms with Gasteiger partial charge in [0.25, 0.3) is 5.91 Å². The SMILES string of the molecule is CC1(C)C(=O)N(c2ccc(C#N)nc2)C(=O)N1Cc1ccccc1Cc1ccccc1. The van der Waals surface area contributed by atoms with E-state index in [1.807, 2.05) is 42.5 Å². The maximum absolute atomic E-state index is 13.3. The van der Waals surface area contributed by atoms with Crippen molar-refractivity contribution in [1.82, 2.24) is 9.88 Å². The maximum atomic E-state index is 13.3. The summed E-state index contributed by atoms with van der Waals surface area (Å²) in [7, 11) is 0. The number of amides is 3. The Labute approximate surface area is 181 Å². The number of imide groups is 1. The molecular weight excluding hydrogens is 388 g/mol. The van der Waals surface area contributed by atoms with E-state index in [4.69, 9.17) is 5.26 Å². The third-order valence-corrected chi connectivity index (χ3v) is 5.63. The molecule has 2 aromatic carbocycles. The minimum atomic E-state index is -1.01. The quantitative estimate of drug-likeness (QED) is 0.588. The molecule has 0 unspecified atom stereocenters. The monoisotopic (exact) mass is 410 g/mol. The average Bonchev–Trinajstić information content (AvgIpc) is 2.95. The fourth-order valence-corrected chi connectivity index (χ4v) is 3.78. The lowest BCUT2D eigenvalue weighted by atomic mass is 9.97. The van der Waals surface area contributed by atoms with Gasteiger partial charge in [-0.15, -0.1) is 0 Å². The van der Waals surface area contributed by atoms with Crippen molar-refractivity contribution >= 4 is 17.6 Å². The third-order valence-electron chi connectivity index (χ3n) is 5.63. The molecule has 0 atom stereocenters. The molecule has 1 saturated heterocycles. The van der Waals surface area contributed by atoms with E-state index in [1.54, 1.807) is 24.8 Å². The number of nitrogens with zero attached hydrogens (tertiary/aromatic N) is 4. The van der Waals surface area contributed by atoms with Crippen LogP contribution in [0.5, 0.6) is 0 Å². The summed E-state index contributed by atoms with van der Waals surface area (Å²) in [6.07, 6.45) is 2.13. The van der Waals surface area contributed by atoms with Gasteiger partial charge < -0.3 is 4.90 Å². The maximum Gasteiger partial charge on any atom is 0.332 e. The van der Waals surface area contributed by atoms with Gasteiger partial charge in [0, 0.05) is 6.54 Å². The number of urea groups is 1. The number of benzene rings is 2. The molecule has 1 fully saturated rings. The van der Waals surface area contributed by atoms with Crippen molar-refractivity contribution in [2.75, 3.05) is 4.90 Å². The van der Waals surface area contributed by atoms with Crippen LogP contribution in [0.25, 0.3) is 0 Å². The van der Waals surface area contributed by atoms with Crippen LogP contribution in [0.15, 0.2) is 72.9 Å². The fraction of sp³-hybridized carbons (Fsp3) is 0.200. The van der Waals surface area contributed by atoms with Crippen LogP contribution in [-0.2, 0) is 17.8 Å². The molecular formula is C25H22N4O2. The number of hydrogen-bond acceptors (Lipinski definition) is 4. The molecule has 0 bridgehead atoms. The molecule has 1 aliphatic rings. The number of carbonyl (C=O) groups excluding carboxylic acids is 2. The number of pyridine rings is 1. The van der Waals surface area contributed by atoms with Crippen molar-refractivity contribution < 1.29 is 9.59 Å². The highest BCUT2D eigenvalue weighted by molar-refractivity contribution is 6.22. The first-order chi connectivity index (χ1) is 14.9. The Morgan fingerprint density at radius 1 is 0.935 bits per heavy atom. The van der Waals surface area contributed by atoms with Crippen molar-refractivity contribution in [3.63, 3.8) is 0 Å². The molecule has 6 heteroatoms. The van der Waals surface area contributed by atoms with E-state index in [-0.39, 0.29) is 11.6 Å². The summed E-state index contributed by atoms with van der Waals surface area (Å²) in [5.74, 6) is -0.315. The standard InChI is InChI=1S/C25H22N4O2/c1-25(2)23(30)29(22-13-12-21(15-26)27-16-22)24(31)28(25)17-20-11-7-6-10-19(20)14-18-8-4-3-5-9-18/h3-13,16H,14,17H2,1-2H3. The first-order valence-corrected chi connectivity index (χ1v) is 10.0. The highest BCUT2D eigenvalue weighted by atomic mass is 16.2. The summed E-state index contributed by atoms with van der Waals surface area (Å²) in [5.41, 5.74) is 2.88. The van der Waals surface area contributed by atoms with E-state index in [0.717, 1.165) is 22.4 Å². The van der Waals surface area contributed by atoms with Crippen LogP contribution in [0, 0.1) is 11.3 Å². The normalized spacial score (nSPS) is 15.3. The lowest BCUT2D eigenvalue weighted by Gasteiger charge is -2.28. The zero-order valence-electron chi connectivity index (χ0n) is 17.4. The van der Waals surface area contributed by atoms with Gasteiger partial charge in [-0.3, -0.25) is 4.79 Å². The topological polar surface area (TPSA) is 77.3 Å². The molecule has 1 aliphatic heterocycles. The molecule has 0 aliphatic carbocycles. The summed E-state index contributed by atoms with van der Waals surface area (Å²) in [4.78, 5) is 33.2. The van der Waals surface area contributed by atoms with Crippen LogP contribution >= 0.6 is 0 Å². The first kappa shape index (κ1) is 20.3. The summed E-state index contributed by atoms with van der Waals surface area (Å²) in [5, 5.41) is 8.95. The van der Waals surface area contributed by atoms with Gasteiger partial charge in [-0.25, -0.2) is 14.7 Å². The summed E-state index contributed by atoms with van der Waals surface area (Å²) >= 11 is 0. The largest absolute Gasteiger partial charge is 0.332 e. The number of anilines is 1. The van der Waals surface area contributed by atoms with E-state index in [9.17, 15) is 9.59 Å². The molecule has 6 nitrogen and oxygen atoms in total. The number of carbonyl (C=O) groups is 2. The lowest BCUT2D eigenvalue weighted by molar-refractivity contribution is -0.123. The molecule has 0 radical (unpaired) electrons. The molecule has 2 heterocycles. The number of aromatic nitrogens is 1. The van der Waals surface area contributed by atoms with E-state index in [1.165, 1.54) is 17.8 Å². The van der Waals surface area contributed by atoms with Crippen molar-refractivity contribution in [3.8, 4) is 6.07 Å². The van der Waals surface area contributed by atoms with E-state index in [0.29, 0.717) is 12.2 Å². The number of hydrogen-bond donors (Lipinski definition) is 0. The Balaban J connectivity index is 1.63. The minimum Gasteiger partial charge on any atom is -0.305 e. The predicted octanol–water partition coefficient (Wildman–Crippen LogP) is 4.29. The molecule has 31 heavy (non-hydrogen) atoms. The van der Waals surface area contributed by atoms with Crippen molar-refractivity contribution in [2.45, 2.75) is 32.4 Å². The van der Waals surface area contributed by atoms with Gasteiger partial charge in [0.15, 0.2) is 0 Å². The molecule has 1 aromatic heterocycles. The first-order valence-electron chi connectivity index (χ1n) is 10.0. The van der Waals surface area contributed by atoms with Crippen LogP contribution < -0.4 is 4.90 Å². The van der Waals surface area contributed by atoms with Crippen molar-refractivity contribution in [2.24, 2.45) is 0 Å². The zero-order valence-corrected chi connectivity index (χ0v) is 17.4. The second-order valence-electron chi connectivity index (χ2n) is 8.01. The Hall–Kier alpha value is -3.98. The highest BCUT2D eigenvalue weighted by Crippen LogP contribution is 2.33. The van der Waals surface area contributed by atoms with Crippen molar-refractivity contribution in [1.29, 1.82) is 5.26 Å². The Morgan fingerprint density at radius 2 is 1.61 bits per heavy atom. The summed E-state index contributed by atoms with van der Waals surface area (Å²) < 4.78 is 0. The van der Waals surface area contributed by atoms with Gasteiger partial charge >= 0.3 is 6.03 Å². The van der Waals surface area contributed by atoms with Gasteiger partial charge in [0.05, 0.1) is 11.9 Å². The second kappa shape index (κ2) is 8.04. The summed E-state index contributed by atoms with van der Waals surface area (Å²) in [6.45, 7) is 3.83. The zero-order chi connectivity index (χ0) is 22.0. The number of nitriles is 1. The van der Waals surface area contributed by atoms with Crippen molar-refractivity contribution in [3.05, 3.63) is 95.3 Å². The van der Waals surface area contributed by atoms with Crippen LogP contribution in [0.1, 0.15) is 36.2 Å². The van der Waals surface area contributed by atoms with Crippen LogP contribution in [0.4, 0.5) is 10.5 Å². The third kappa shape index (κ3) is 3.78. The molecule has 0 spiro atoms. The Bertz CT molecular complexity index is 1160. The van der Waals surface area contributed by atoms with Crippen LogP contribution in [-0.4, -0.2) is 27.4 Å². The molecule has 4 rings (SSSR count). The fourth-order valence-electron chi connectivity index (χ4n) is 3.78. The van der Waals surface area contributed by atoms with Crippen LogP contribution in [0.2, 0.25) is 0 Å². The van der Waals surface area contributed by atoms with Gasteiger partial charge in [0.2, 0.25) is 0 Å².